The Morgan fingerprint density at radius 3 is 2.59 bits per heavy atom. The second-order valence-corrected chi connectivity index (χ2v) is 4.25. The number of hydrogen-bond acceptors (Lipinski definition) is 3. The van der Waals surface area contributed by atoms with Crippen LogP contribution >= 0.6 is 12.4 Å². The van der Waals surface area contributed by atoms with Crippen LogP contribution in [0.1, 0.15) is 25.3 Å². The minimum atomic E-state index is 0. The average molecular weight is 254 g/mol. The van der Waals surface area contributed by atoms with Crippen LogP contribution in [0.25, 0.3) is 6.08 Å². The smallest absolute Gasteiger partial charge is 0.123 e. The lowest BCUT2D eigenvalue weighted by atomic mass is 10.0. The molecule has 94 valence electrons. The maximum Gasteiger partial charge on any atom is 0.123 e. The summed E-state index contributed by atoms with van der Waals surface area (Å²) in [5, 5.41) is 0. The van der Waals surface area contributed by atoms with Gasteiger partial charge in [-0.1, -0.05) is 18.6 Å². The summed E-state index contributed by atoms with van der Waals surface area (Å²) in [5.41, 5.74) is 8.24. The molecule has 0 aromatic carbocycles. The van der Waals surface area contributed by atoms with E-state index in [2.05, 4.69) is 22.9 Å². The van der Waals surface area contributed by atoms with Gasteiger partial charge in [0.1, 0.15) is 5.82 Å². The zero-order valence-electron chi connectivity index (χ0n) is 10.2. The Labute approximate surface area is 109 Å². The Bertz CT molecular complexity index is 363. The van der Waals surface area contributed by atoms with Gasteiger partial charge in [-0.15, -0.1) is 12.4 Å². The topological polar surface area (TPSA) is 42.1 Å². The van der Waals surface area contributed by atoms with Crippen molar-refractivity contribution < 1.29 is 0 Å². The Kier molecular flexibility index (Phi) is 5.45. The van der Waals surface area contributed by atoms with E-state index in [0.717, 1.165) is 12.1 Å². The van der Waals surface area contributed by atoms with Gasteiger partial charge in [0.15, 0.2) is 0 Å². The lowest BCUT2D eigenvalue weighted by Crippen LogP contribution is -2.30. The molecule has 1 fully saturated rings. The molecule has 0 amide bonds. The minimum Gasteiger partial charge on any atom is -0.384 e. The number of halogens is 1. The first kappa shape index (κ1) is 14.0. The number of nitrogens with zero attached hydrogens (tertiary/aromatic N) is 2. The number of hydrogen-bond donors (Lipinski definition) is 1. The summed E-state index contributed by atoms with van der Waals surface area (Å²) >= 11 is 0. The van der Waals surface area contributed by atoms with Crippen LogP contribution in [-0.4, -0.2) is 29.5 Å². The summed E-state index contributed by atoms with van der Waals surface area (Å²) in [4.78, 5) is 6.58. The molecule has 0 atom stereocenters. The summed E-state index contributed by atoms with van der Waals surface area (Å²) in [6.07, 6.45) is 6.45. The van der Waals surface area contributed by atoms with E-state index in [1.807, 2.05) is 18.3 Å². The highest BCUT2D eigenvalue weighted by molar-refractivity contribution is 5.85. The molecule has 2 rings (SSSR count). The van der Waals surface area contributed by atoms with E-state index in [9.17, 15) is 0 Å². The van der Waals surface area contributed by atoms with Crippen molar-refractivity contribution in [3.05, 3.63) is 29.5 Å². The van der Waals surface area contributed by atoms with E-state index in [-0.39, 0.29) is 12.4 Å². The van der Waals surface area contributed by atoms with Crippen LogP contribution in [0, 0.1) is 0 Å². The van der Waals surface area contributed by atoms with E-state index in [4.69, 9.17) is 5.73 Å². The predicted octanol–water partition coefficient (Wildman–Crippen LogP) is 2.58. The highest BCUT2D eigenvalue weighted by atomic mass is 35.5. The fraction of sp³-hybridized carbons (Fsp3) is 0.462. The molecule has 2 heterocycles. The fourth-order valence-corrected chi connectivity index (χ4v) is 2.04. The molecule has 1 aliphatic rings. The van der Waals surface area contributed by atoms with Gasteiger partial charge in [0, 0.05) is 19.3 Å². The lowest BCUT2D eigenvalue weighted by Gasteiger charge is -2.26. The van der Waals surface area contributed by atoms with Crippen molar-refractivity contribution in [2.45, 2.75) is 19.8 Å². The molecule has 1 saturated heterocycles. The van der Waals surface area contributed by atoms with Gasteiger partial charge in [0.25, 0.3) is 0 Å². The molecule has 2 N–H and O–H groups in total. The molecule has 0 radical (unpaired) electrons. The molecule has 17 heavy (non-hydrogen) atoms. The highest BCUT2D eigenvalue weighted by Crippen LogP contribution is 2.19. The van der Waals surface area contributed by atoms with Gasteiger partial charge in [-0.3, -0.25) is 0 Å². The number of rotatable bonds is 2. The van der Waals surface area contributed by atoms with Crippen LogP contribution in [0.15, 0.2) is 23.9 Å². The number of pyridine rings is 1. The van der Waals surface area contributed by atoms with Gasteiger partial charge in [-0.25, -0.2) is 4.98 Å². The third kappa shape index (κ3) is 4.02. The number of nitrogens with two attached hydrogens (primary N) is 1. The molecular formula is C13H20ClN3. The summed E-state index contributed by atoms with van der Waals surface area (Å²) in [5.74, 6) is 0.586. The van der Waals surface area contributed by atoms with Gasteiger partial charge in [0.2, 0.25) is 0 Å². The van der Waals surface area contributed by atoms with Crippen LogP contribution in [0.2, 0.25) is 0 Å². The summed E-state index contributed by atoms with van der Waals surface area (Å²) < 4.78 is 0. The van der Waals surface area contributed by atoms with Gasteiger partial charge in [-0.05, 0) is 37.1 Å². The molecule has 1 aromatic rings. The minimum absolute atomic E-state index is 0. The molecule has 0 unspecified atom stereocenters. The summed E-state index contributed by atoms with van der Waals surface area (Å²) in [6, 6.07) is 3.88. The van der Waals surface area contributed by atoms with Crippen molar-refractivity contribution in [3.8, 4) is 0 Å². The Morgan fingerprint density at radius 2 is 2.06 bits per heavy atom. The van der Waals surface area contributed by atoms with Gasteiger partial charge in [-0.2, -0.15) is 0 Å². The number of likely N-dealkylation sites (tertiary alicyclic amines) is 1. The van der Waals surface area contributed by atoms with Crippen molar-refractivity contribution in [1.29, 1.82) is 0 Å². The molecular weight excluding hydrogens is 234 g/mol. The van der Waals surface area contributed by atoms with Gasteiger partial charge in [0.05, 0.1) is 0 Å². The fourth-order valence-electron chi connectivity index (χ4n) is 2.04. The van der Waals surface area contributed by atoms with E-state index in [0.29, 0.717) is 5.82 Å². The monoisotopic (exact) mass is 253 g/mol. The van der Waals surface area contributed by atoms with Crippen LogP contribution in [0.3, 0.4) is 0 Å². The second kappa shape index (κ2) is 6.62. The largest absolute Gasteiger partial charge is 0.384 e. The summed E-state index contributed by atoms with van der Waals surface area (Å²) in [7, 11) is 0. The normalized spacial score (nSPS) is 16.4. The van der Waals surface area contributed by atoms with E-state index >= 15 is 0 Å². The maximum absolute atomic E-state index is 5.56. The molecule has 0 aliphatic carbocycles. The first-order valence-electron chi connectivity index (χ1n) is 5.91. The van der Waals surface area contributed by atoms with Gasteiger partial charge < -0.3 is 10.6 Å². The van der Waals surface area contributed by atoms with Crippen LogP contribution < -0.4 is 5.73 Å². The molecule has 0 saturated carbocycles. The number of aromatic nitrogens is 1. The van der Waals surface area contributed by atoms with Crippen molar-refractivity contribution in [3.63, 3.8) is 0 Å². The van der Waals surface area contributed by atoms with Crippen molar-refractivity contribution >= 4 is 24.3 Å². The predicted molar refractivity (Wildman–Crippen MR) is 75.2 cm³/mol. The Balaban J connectivity index is 0.00000144. The Morgan fingerprint density at radius 1 is 1.35 bits per heavy atom. The number of piperidine rings is 1. The molecule has 4 heteroatoms. The first-order chi connectivity index (χ1) is 7.78. The third-order valence-corrected chi connectivity index (χ3v) is 3.13. The number of anilines is 1. The van der Waals surface area contributed by atoms with Gasteiger partial charge >= 0.3 is 0 Å². The van der Waals surface area contributed by atoms with Crippen molar-refractivity contribution in [2.75, 3.05) is 25.4 Å². The quantitative estimate of drug-likeness (QED) is 0.881. The van der Waals surface area contributed by atoms with Crippen LogP contribution in [-0.2, 0) is 0 Å². The zero-order chi connectivity index (χ0) is 11.4. The molecule has 1 aliphatic heterocycles. The Hall–Kier alpha value is -1.06. The molecule has 0 bridgehead atoms. The SMILES string of the molecule is CCN1CCC(=Cc2ccc(N)nc2)CC1.Cl. The van der Waals surface area contributed by atoms with Crippen molar-refractivity contribution in [1.82, 2.24) is 9.88 Å². The maximum atomic E-state index is 5.56. The first-order valence-corrected chi connectivity index (χ1v) is 5.91. The zero-order valence-corrected chi connectivity index (χ0v) is 11.0. The van der Waals surface area contributed by atoms with E-state index < -0.39 is 0 Å². The highest BCUT2D eigenvalue weighted by Gasteiger charge is 2.11. The van der Waals surface area contributed by atoms with Crippen molar-refractivity contribution in [2.24, 2.45) is 0 Å². The number of nitrogen functional groups attached to an aromatic ring is 1. The van der Waals surface area contributed by atoms with E-state index in [1.54, 1.807) is 0 Å². The van der Waals surface area contributed by atoms with E-state index in [1.165, 1.54) is 31.5 Å². The van der Waals surface area contributed by atoms with Crippen LogP contribution in [0.4, 0.5) is 5.82 Å². The third-order valence-electron chi connectivity index (χ3n) is 3.13. The second-order valence-electron chi connectivity index (χ2n) is 4.25. The molecule has 1 aromatic heterocycles. The molecule has 3 nitrogen and oxygen atoms in total. The lowest BCUT2D eigenvalue weighted by molar-refractivity contribution is 0.270. The average Bonchev–Trinajstić information content (AvgIpc) is 2.33. The standard InChI is InChI=1S/C13H19N3.ClH/c1-2-16-7-5-11(6-8-16)9-12-3-4-13(14)15-10-12;/h3-4,9-10H,2,5-8H2,1H3,(H2,14,15);1H. The summed E-state index contributed by atoms with van der Waals surface area (Å²) in [6.45, 7) is 5.75. The molecule has 0 spiro atoms. The van der Waals surface area contributed by atoms with Crippen LogP contribution in [0.5, 0.6) is 0 Å².